The Hall–Kier alpha value is -1.02. The molecule has 0 radical (unpaired) electrons. The molecule has 0 atom stereocenters. The molecule has 0 saturated heterocycles. The molecule has 0 aliphatic carbocycles. The van der Waals surface area contributed by atoms with E-state index in [9.17, 15) is 43.2 Å². The molecular formula is C8H4BrF6NO4S2. The number of sulfonamides is 2. The number of hydrogen-bond acceptors (Lipinski definition) is 4. The van der Waals surface area contributed by atoms with Gasteiger partial charge in [-0.15, -0.1) is 3.71 Å². The summed E-state index contributed by atoms with van der Waals surface area (Å²) in [5.74, 6) is 0. The first-order valence-electron chi connectivity index (χ1n) is 4.81. The quantitative estimate of drug-likeness (QED) is 0.684. The van der Waals surface area contributed by atoms with Gasteiger partial charge in [0.15, 0.2) is 0 Å². The van der Waals surface area contributed by atoms with Crippen LogP contribution in [0.1, 0.15) is 0 Å². The third kappa shape index (κ3) is 3.32. The molecule has 0 aliphatic heterocycles. The van der Waals surface area contributed by atoms with Crippen LogP contribution in [0.15, 0.2) is 28.7 Å². The Bertz CT molecular complexity index is 727. The number of anilines is 1. The van der Waals surface area contributed by atoms with E-state index >= 15 is 0 Å². The number of halogens is 7. The average molecular weight is 436 g/mol. The minimum absolute atomic E-state index is 0.134. The second kappa shape index (κ2) is 5.56. The average Bonchev–Trinajstić information content (AvgIpc) is 2.24. The Labute approximate surface area is 128 Å². The third-order valence-corrected chi connectivity index (χ3v) is 6.18. The summed E-state index contributed by atoms with van der Waals surface area (Å²) < 4.78 is 118. The number of nitrogens with zero attached hydrogens (tertiary/aromatic N) is 1. The predicted octanol–water partition coefficient (Wildman–Crippen LogP) is 2.95. The van der Waals surface area contributed by atoms with Gasteiger partial charge in [0, 0.05) is 4.47 Å². The lowest BCUT2D eigenvalue weighted by Gasteiger charge is -2.25. The zero-order valence-corrected chi connectivity index (χ0v) is 13.1. The van der Waals surface area contributed by atoms with Crippen LogP contribution in [0.4, 0.5) is 32.0 Å². The van der Waals surface area contributed by atoms with Crippen LogP contribution in [-0.2, 0) is 20.0 Å². The fraction of sp³-hybridized carbons (Fsp3) is 0.250. The Balaban J connectivity index is 3.78. The van der Waals surface area contributed by atoms with Crippen molar-refractivity contribution < 1.29 is 43.2 Å². The summed E-state index contributed by atoms with van der Waals surface area (Å²) in [4.78, 5) is 0. The molecule has 1 aromatic rings. The molecule has 0 unspecified atom stereocenters. The highest BCUT2D eigenvalue weighted by Crippen LogP contribution is 2.39. The molecule has 0 bridgehead atoms. The summed E-state index contributed by atoms with van der Waals surface area (Å²) in [6, 6.07) is 2.95. The second-order valence-corrected chi connectivity index (χ2v) is 8.28. The van der Waals surface area contributed by atoms with Crippen molar-refractivity contribution in [3.8, 4) is 0 Å². The van der Waals surface area contributed by atoms with Crippen molar-refractivity contribution in [2.45, 2.75) is 11.0 Å². The predicted molar refractivity (Wildman–Crippen MR) is 66.6 cm³/mol. The van der Waals surface area contributed by atoms with Crippen molar-refractivity contribution >= 4 is 41.7 Å². The summed E-state index contributed by atoms with van der Waals surface area (Å²) in [5, 5.41) is 0. The maximum atomic E-state index is 12.5. The number of hydrogen-bond donors (Lipinski definition) is 0. The van der Waals surface area contributed by atoms with Gasteiger partial charge in [-0.1, -0.05) is 22.0 Å². The Morgan fingerprint density at radius 1 is 0.864 bits per heavy atom. The van der Waals surface area contributed by atoms with Crippen molar-refractivity contribution in [3.05, 3.63) is 28.7 Å². The first kappa shape index (κ1) is 19.0. The SMILES string of the molecule is O=S(=O)(N(c1cccc(Br)c1)S(=O)(=O)C(F)(F)F)C(F)(F)F. The second-order valence-electron chi connectivity index (χ2n) is 3.58. The van der Waals surface area contributed by atoms with Gasteiger partial charge in [-0.05, 0) is 18.2 Å². The highest BCUT2D eigenvalue weighted by atomic mass is 79.9. The highest BCUT2D eigenvalue weighted by molar-refractivity contribution is 9.10. The fourth-order valence-corrected chi connectivity index (χ4v) is 4.27. The van der Waals surface area contributed by atoms with Gasteiger partial charge in [0.1, 0.15) is 0 Å². The first-order chi connectivity index (χ1) is 9.62. The van der Waals surface area contributed by atoms with Gasteiger partial charge in [-0.25, -0.2) is 0 Å². The van der Waals surface area contributed by atoms with Gasteiger partial charge in [0.05, 0.1) is 5.69 Å². The van der Waals surface area contributed by atoms with E-state index in [-0.39, 0.29) is 4.47 Å². The molecule has 0 fully saturated rings. The lowest BCUT2D eigenvalue weighted by atomic mass is 10.3. The topological polar surface area (TPSA) is 71.5 Å². The van der Waals surface area contributed by atoms with E-state index in [1.165, 1.54) is 0 Å². The molecule has 0 aliphatic rings. The van der Waals surface area contributed by atoms with Gasteiger partial charge >= 0.3 is 31.1 Å². The third-order valence-electron chi connectivity index (χ3n) is 2.04. The normalized spacial score (nSPS) is 14.0. The van der Waals surface area contributed by atoms with Crippen LogP contribution in [0.25, 0.3) is 0 Å². The molecular weight excluding hydrogens is 432 g/mol. The van der Waals surface area contributed by atoms with E-state index in [4.69, 9.17) is 0 Å². The Morgan fingerprint density at radius 3 is 1.59 bits per heavy atom. The molecule has 1 aromatic carbocycles. The van der Waals surface area contributed by atoms with Gasteiger partial charge in [-0.2, -0.15) is 43.2 Å². The largest absolute Gasteiger partial charge is 0.517 e. The van der Waals surface area contributed by atoms with E-state index in [1.54, 1.807) is 0 Å². The van der Waals surface area contributed by atoms with Crippen LogP contribution in [0.3, 0.4) is 0 Å². The minimum Gasteiger partial charge on any atom is -0.196 e. The van der Waals surface area contributed by atoms with Crippen molar-refractivity contribution in [3.63, 3.8) is 0 Å². The van der Waals surface area contributed by atoms with Gasteiger partial charge < -0.3 is 0 Å². The first-order valence-corrected chi connectivity index (χ1v) is 8.48. The number of benzene rings is 1. The van der Waals surface area contributed by atoms with Crippen LogP contribution in [0, 0.1) is 0 Å². The fourth-order valence-electron chi connectivity index (χ4n) is 1.18. The number of alkyl halides is 6. The van der Waals surface area contributed by atoms with Gasteiger partial charge in [0.25, 0.3) is 0 Å². The zero-order chi connectivity index (χ0) is 17.6. The monoisotopic (exact) mass is 435 g/mol. The van der Waals surface area contributed by atoms with Crippen LogP contribution >= 0.6 is 15.9 Å². The van der Waals surface area contributed by atoms with Crippen LogP contribution < -0.4 is 3.71 Å². The van der Waals surface area contributed by atoms with Crippen LogP contribution in [0.2, 0.25) is 0 Å². The highest BCUT2D eigenvalue weighted by Gasteiger charge is 2.61. The molecule has 0 saturated carbocycles. The van der Waals surface area contributed by atoms with Crippen molar-refractivity contribution in [1.82, 2.24) is 0 Å². The smallest absolute Gasteiger partial charge is 0.196 e. The van der Waals surface area contributed by atoms with E-state index in [0.717, 1.165) is 12.1 Å². The van der Waals surface area contributed by atoms with E-state index in [0.29, 0.717) is 12.1 Å². The molecule has 1 rings (SSSR count). The molecule has 0 aromatic heterocycles. The minimum atomic E-state index is -6.84. The van der Waals surface area contributed by atoms with Gasteiger partial charge in [0.2, 0.25) is 0 Å². The molecule has 22 heavy (non-hydrogen) atoms. The molecule has 14 heteroatoms. The maximum Gasteiger partial charge on any atom is 0.517 e. The summed E-state index contributed by atoms with van der Waals surface area (Å²) in [6.45, 7) is 0. The summed E-state index contributed by atoms with van der Waals surface area (Å²) in [7, 11) is -13.7. The Kier molecular flexibility index (Phi) is 4.81. The Morgan fingerprint density at radius 2 is 1.27 bits per heavy atom. The molecule has 0 N–H and O–H groups in total. The summed E-state index contributed by atoms with van der Waals surface area (Å²) in [5.41, 5.74) is -13.9. The molecule has 0 amide bonds. The lowest BCUT2D eigenvalue weighted by molar-refractivity contribution is -0.0462. The molecule has 126 valence electrons. The lowest BCUT2D eigenvalue weighted by Crippen LogP contribution is -2.49. The maximum absolute atomic E-state index is 12.5. The van der Waals surface area contributed by atoms with Crippen molar-refractivity contribution in [1.29, 1.82) is 0 Å². The molecule has 5 nitrogen and oxygen atoms in total. The van der Waals surface area contributed by atoms with Crippen LogP contribution in [0.5, 0.6) is 0 Å². The number of rotatable bonds is 3. The van der Waals surface area contributed by atoms with Crippen LogP contribution in [-0.4, -0.2) is 27.9 Å². The summed E-state index contributed by atoms with van der Waals surface area (Å²) >= 11 is 2.69. The van der Waals surface area contributed by atoms with Crippen molar-refractivity contribution in [2.75, 3.05) is 3.71 Å². The van der Waals surface area contributed by atoms with E-state index < -0.39 is 40.5 Å². The van der Waals surface area contributed by atoms with Crippen molar-refractivity contribution in [2.24, 2.45) is 0 Å². The van der Waals surface area contributed by atoms with E-state index in [1.807, 2.05) is 0 Å². The standard InChI is InChI=1S/C8H4BrF6NO4S2/c9-5-2-1-3-6(4-5)16(21(17,18)7(10,11)12)22(19,20)8(13,14)15/h1-4H. The molecule has 0 spiro atoms. The molecule has 0 heterocycles. The van der Waals surface area contributed by atoms with E-state index in [2.05, 4.69) is 15.9 Å². The van der Waals surface area contributed by atoms with Gasteiger partial charge in [-0.3, -0.25) is 0 Å². The summed E-state index contributed by atoms with van der Waals surface area (Å²) in [6.07, 6.45) is 0. The zero-order valence-electron chi connectivity index (χ0n) is 9.85.